The van der Waals surface area contributed by atoms with Gasteiger partial charge in [-0.05, 0) is 12.1 Å². The predicted octanol–water partition coefficient (Wildman–Crippen LogP) is 1.78. The van der Waals surface area contributed by atoms with Crippen molar-refractivity contribution in [1.29, 1.82) is 0 Å². The number of aryl methyl sites for hydroxylation is 1. The minimum atomic E-state index is -0.660. The van der Waals surface area contributed by atoms with Crippen molar-refractivity contribution in [2.75, 3.05) is 0 Å². The molecule has 0 amide bonds. The Balaban J connectivity index is 1.79. The van der Waals surface area contributed by atoms with Crippen LogP contribution in [-0.4, -0.2) is 20.5 Å². The maximum atomic E-state index is 12.3. The molecule has 0 fully saturated rings. The van der Waals surface area contributed by atoms with Crippen LogP contribution in [0, 0.1) is 0 Å². The number of Topliss-reactive ketones (excluding diaryl/α,β-unsaturated/α-hetero) is 1. The molecule has 3 rings (SSSR count). The summed E-state index contributed by atoms with van der Waals surface area (Å²) in [6, 6.07) is 11.0. The molecule has 21 heavy (non-hydrogen) atoms. The summed E-state index contributed by atoms with van der Waals surface area (Å²) in [4.78, 5) is 16.8. The van der Waals surface area contributed by atoms with Gasteiger partial charge in [0, 0.05) is 29.9 Å². The third-order valence-corrected chi connectivity index (χ3v) is 3.44. The van der Waals surface area contributed by atoms with Crippen molar-refractivity contribution >= 4 is 16.7 Å². The van der Waals surface area contributed by atoms with Crippen LogP contribution in [0.5, 0.6) is 0 Å². The van der Waals surface area contributed by atoms with Crippen molar-refractivity contribution in [1.82, 2.24) is 14.8 Å². The van der Waals surface area contributed by atoms with Crippen LogP contribution in [-0.2, 0) is 18.3 Å². The Bertz CT molecular complexity index is 794. The van der Waals surface area contributed by atoms with E-state index >= 15 is 0 Å². The Morgan fingerprint density at radius 3 is 2.86 bits per heavy atom. The van der Waals surface area contributed by atoms with Crippen LogP contribution in [0.2, 0.25) is 0 Å². The highest BCUT2D eigenvalue weighted by atomic mass is 16.1. The zero-order valence-corrected chi connectivity index (χ0v) is 11.7. The molecule has 1 unspecified atom stereocenters. The molecule has 3 aromatic rings. The second-order valence-electron chi connectivity index (χ2n) is 5.06. The van der Waals surface area contributed by atoms with Gasteiger partial charge < -0.3 is 5.73 Å². The summed E-state index contributed by atoms with van der Waals surface area (Å²) in [6.45, 7) is 0. The predicted molar refractivity (Wildman–Crippen MR) is 80.6 cm³/mol. The first-order valence-electron chi connectivity index (χ1n) is 6.75. The molecule has 0 aliphatic heterocycles. The molecule has 0 saturated carbocycles. The van der Waals surface area contributed by atoms with E-state index in [0.717, 1.165) is 22.2 Å². The van der Waals surface area contributed by atoms with Gasteiger partial charge in [-0.15, -0.1) is 0 Å². The van der Waals surface area contributed by atoms with Crippen molar-refractivity contribution in [2.24, 2.45) is 12.8 Å². The largest absolute Gasteiger partial charge is 0.318 e. The van der Waals surface area contributed by atoms with Crippen molar-refractivity contribution in [3.8, 4) is 0 Å². The lowest BCUT2D eigenvalue weighted by Gasteiger charge is -2.08. The zero-order valence-electron chi connectivity index (χ0n) is 11.7. The molecule has 0 radical (unpaired) electrons. The lowest BCUT2D eigenvalue weighted by Crippen LogP contribution is -2.23. The number of ketones is 1. The second-order valence-corrected chi connectivity index (χ2v) is 5.06. The number of carbonyl (C=O) groups excluding carboxylic acids is 1. The molecular weight excluding hydrogens is 264 g/mol. The fraction of sp³-hybridized carbons (Fsp3) is 0.188. The van der Waals surface area contributed by atoms with E-state index in [2.05, 4.69) is 10.1 Å². The third-order valence-electron chi connectivity index (χ3n) is 3.44. The number of aromatic nitrogens is 3. The zero-order chi connectivity index (χ0) is 14.8. The van der Waals surface area contributed by atoms with Gasteiger partial charge in [-0.1, -0.05) is 24.3 Å². The number of hydrogen-bond donors (Lipinski definition) is 1. The van der Waals surface area contributed by atoms with Gasteiger partial charge in [-0.25, -0.2) is 0 Å². The fourth-order valence-electron chi connectivity index (χ4n) is 2.28. The molecule has 0 spiro atoms. The number of hydrogen-bond acceptors (Lipinski definition) is 4. The van der Waals surface area contributed by atoms with E-state index in [1.807, 2.05) is 36.4 Å². The molecule has 1 atom stereocenters. The third kappa shape index (κ3) is 2.83. The van der Waals surface area contributed by atoms with Gasteiger partial charge in [0.05, 0.1) is 24.2 Å². The van der Waals surface area contributed by atoms with Crippen LogP contribution < -0.4 is 5.73 Å². The van der Waals surface area contributed by atoms with Gasteiger partial charge in [-0.2, -0.15) is 5.10 Å². The first-order valence-corrected chi connectivity index (χ1v) is 6.75. The molecule has 1 aromatic carbocycles. The van der Waals surface area contributed by atoms with Crippen LogP contribution in [0.15, 0.2) is 48.8 Å². The molecule has 2 heterocycles. The summed E-state index contributed by atoms with van der Waals surface area (Å²) in [5.74, 6) is -0.0641. The first-order chi connectivity index (χ1) is 10.1. The van der Waals surface area contributed by atoms with Crippen LogP contribution in [0.25, 0.3) is 10.9 Å². The van der Waals surface area contributed by atoms with Gasteiger partial charge in [-0.3, -0.25) is 14.5 Å². The van der Waals surface area contributed by atoms with E-state index in [0.29, 0.717) is 0 Å². The van der Waals surface area contributed by atoms with Gasteiger partial charge in [0.15, 0.2) is 5.78 Å². The van der Waals surface area contributed by atoms with E-state index in [-0.39, 0.29) is 12.2 Å². The highest BCUT2D eigenvalue weighted by Crippen LogP contribution is 2.15. The molecule has 2 aromatic heterocycles. The Labute approximate surface area is 122 Å². The standard InChI is InChI=1S/C16H16N4O/c1-20-10-12(9-18-20)16(17)15(21)8-13-7-6-11-4-2-3-5-14(11)19-13/h2-7,9-10,16H,8,17H2,1H3. The van der Waals surface area contributed by atoms with Gasteiger partial charge in [0.25, 0.3) is 0 Å². The number of para-hydroxylation sites is 1. The quantitative estimate of drug-likeness (QED) is 0.790. The van der Waals surface area contributed by atoms with Crippen LogP contribution in [0.1, 0.15) is 17.3 Å². The Kier molecular flexibility index (Phi) is 3.50. The average Bonchev–Trinajstić information content (AvgIpc) is 2.93. The topological polar surface area (TPSA) is 73.8 Å². The number of nitrogens with zero attached hydrogens (tertiary/aromatic N) is 3. The Hall–Kier alpha value is -2.53. The average molecular weight is 280 g/mol. The highest BCUT2D eigenvalue weighted by Gasteiger charge is 2.18. The summed E-state index contributed by atoms with van der Waals surface area (Å²) in [6.07, 6.45) is 3.60. The summed E-state index contributed by atoms with van der Waals surface area (Å²) in [5.41, 5.74) is 8.33. The minimum Gasteiger partial charge on any atom is -0.318 e. The monoisotopic (exact) mass is 280 g/mol. The fourth-order valence-corrected chi connectivity index (χ4v) is 2.28. The molecule has 5 heteroatoms. The van der Waals surface area contributed by atoms with Crippen LogP contribution in [0.4, 0.5) is 0 Å². The molecular formula is C16H16N4O. The molecule has 0 saturated heterocycles. The summed E-state index contributed by atoms with van der Waals surface area (Å²) in [7, 11) is 1.80. The maximum Gasteiger partial charge on any atom is 0.160 e. The summed E-state index contributed by atoms with van der Waals surface area (Å²) in [5, 5.41) is 5.10. The van der Waals surface area contributed by atoms with Gasteiger partial charge in [0.1, 0.15) is 0 Å². The summed E-state index contributed by atoms with van der Waals surface area (Å²) < 4.78 is 1.64. The molecule has 0 aliphatic rings. The number of pyridine rings is 1. The Morgan fingerprint density at radius 1 is 1.29 bits per heavy atom. The van der Waals surface area contributed by atoms with Crippen molar-refractivity contribution < 1.29 is 4.79 Å². The minimum absolute atomic E-state index is 0.0641. The molecule has 106 valence electrons. The SMILES string of the molecule is Cn1cc(C(N)C(=O)Cc2ccc3ccccc3n2)cn1. The van der Waals surface area contributed by atoms with Gasteiger partial charge >= 0.3 is 0 Å². The number of fused-ring (bicyclic) bond motifs is 1. The summed E-state index contributed by atoms with van der Waals surface area (Å²) >= 11 is 0. The van der Waals surface area contributed by atoms with Crippen molar-refractivity contribution in [3.05, 3.63) is 60.0 Å². The smallest absolute Gasteiger partial charge is 0.160 e. The Morgan fingerprint density at radius 2 is 2.10 bits per heavy atom. The number of rotatable bonds is 4. The van der Waals surface area contributed by atoms with E-state index < -0.39 is 6.04 Å². The number of nitrogens with two attached hydrogens (primary N) is 1. The number of benzene rings is 1. The van der Waals surface area contributed by atoms with Crippen molar-refractivity contribution in [2.45, 2.75) is 12.5 Å². The molecule has 0 aliphatic carbocycles. The lowest BCUT2D eigenvalue weighted by atomic mass is 10.0. The van der Waals surface area contributed by atoms with E-state index in [4.69, 9.17) is 5.73 Å². The normalized spacial score (nSPS) is 12.5. The molecule has 5 nitrogen and oxygen atoms in total. The van der Waals surface area contributed by atoms with E-state index in [1.165, 1.54) is 0 Å². The maximum absolute atomic E-state index is 12.3. The first kappa shape index (κ1) is 13.5. The number of carbonyl (C=O) groups is 1. The lowest BCUT2D eigenvalue weighted by molar-refractivity contribution is -0.119. The second kappa shape index (κ2) is 5.46. The molecule has 2 N–H and O–H groups in total. The van der Waals surface area contributed by atoms with Crippen LogP contribution >= 0.6 is 0 Å². The van der Waals surface area contributed by atoms with Crippen LogP contribution in [0.3, 0.4) is 0 Å². The highest BCUT2D eigenvalue weighted by molar-refractivity contribution is 5.87. The van der Waals surface area contributed by atoms with E-state index in [9.17, 15) is 4.79 Å². The molecule has 0 bridgehead atoms. The van der Waals surface area contributed by atoms with Gasteiger partial charge in [0.2, 0.25) is 0 Å². The van der Waals surface area contributed by atoms with Crippen molar-refractivity contribution in [3.63, 3.8) is 0 Å². The van der Waals surface area contributed by atoms with E-state index in [1.54, 1.807) is 24.1 Å².